The van der Waals surface area contributed by atoms with Gasteiger partial charge in [-0.05, 0) is 42.2 Å². The van der Waals surface area contributed by atoms with Crippen LogP contribution in [0, 0.1) is 6.92 Å². The summed E-state index contributed by atoms with van der Waals surface area (Å²) in [6.07, 6.45) is 1.50. The average Bonchev–Trinajstić information content (AvgIpc) is 2.46. The van der Waals surface area contributed by atoms with Crippen LogP contribution >= 0.6 is 0 Å². The van der Waals surface area contributed by atoms with E-state index in [1.165, 1.54) is 11.8 Å². The Labute approximate surface area is 124 Å². The molecule has 1 heterocycles. The third-order valence-electron chi connectivity index (χ3n) is 3.10. The van der Waals surface area contributed by atoms with Gasteiger partial charge in [-0.25, -0.2) is 4.98 Å². The highest BCUT2D eigenvalue weighted by molar-refractivity contribution is 5.96. The number of nitrogens with two attached hydrogens (primary N) is 1. The van der Waals surface area contributed by atoms with E-state index in [0.717, 1.165) is 11.3 Å². The van der Waals surface area contributed by atoms with Crippen LogP contribution in [0.3, 0.4) is 0 Å². The van der Waals surface area contributed by atoms with Gasteiger partial charge >= 0.3 is 0 Å². The minimum absolute atomic E-state index is 0.0201. The zero-order chi connectivity index (χ0) is 15.4. The molecule has 0 atom stereocenters. The number of ether oxygens (including phenoxy) is 1. The van der Waals surface area contributed by atoms with Crippen LogP contribution in [-0.4, -0.2) is 16.0 Å². The van der Waals surface area contributed by atoms with Crippen LogP contribution in [0.1, 0.15) is 36.5 Å². The lowest BCUT2D eigenvalue weighted by atomic mass is 10.0. The standard InChI is InChI=1S/C16H19N3O2/c1-10(2)13-6-11(3)7-14(8-13)21-15-5-4-12(9-18-15)16(17)19-20/h4-10,20H,1-3H3,(H2,17,19). The molecular formula is C16H19N3O2. The van der Waals surface area contributed by atoms with Crippen molar-refractivity contribution in [2.75, 3.05) is 0 Å². The van der Waals surface area contributed by atoms with E-state index < -0.39 is 0 Å². The largest absolute Gasteiger partial charge is 0.439 e. The fourth-order valence-corrected chi connectivity index (χ4v) is 1.94. The summed E-state index contributed by atoms with van der Waals surface area (Å²) in [4.78, 5) is 4.15. The molecule has 0 radical (unpaired) electrons. The van der Waals surface area contributed by atoms with Crippen molar-refractivity contribution in [2.24, 2.45) is 10.9 Å². The highest BCUT2D eigenvalue weighted by Crippen LogP contribution is 2.26. The van der Waals surface area contributed by atoms with Gasteiger partial charge in [0, 0.05) is 17.8 Å². The molecule has 0 aliphatic carbocycles. The highest BCUT2D eigenvalue weighted by atomic mass is 16.5. The van der Waals surface area contributed by atoms with E-state index >= 15 is 0 Å². The second-order valence-corrected chi connectivity index (χ2v) is 5.21. The molecule has 3 N–H and O–H groups in total. The van der Waals surface area contributed by atoms with Gasteiger partial charge in [-0.3, -0.25) is 0 Å². The molecule has 21 heavy (non-hydrogen) atoms. The summed E-state index contributed by atoms with van der Waals surface area (Å²) in [5.41, 5.74) is 8.39. The first-order valence-electron chi connectivity index (χ1n) is 6.73. The predicted octanol–water partition coefficient (Wildman–Crippen LogP) is 3.40. The Balaban J connectivity index is 2.22. The van der Waals surface area contributed by atoms with Gasteiger partial charge in [0.05, 0.1) is 0 Å². The molecular weight excluding hydrogens is 266 g/mol. The van der Waals surface area contributed by atoms with Gasteiger partial charge in [0.25, 0.3) is 0 Å². The third kappa shape index (κ3) is 3.72. The Morgan fingerprint density at radius 2 is 2.05 bits per heavy atom. The van der Waals surface area contributed by atoms with Gasteiger partial charge in [0.15, 0.2) is 5.84 Å². The van der Waals surface area contributed by atoms with Crippen molar-refractivity contribution in [3.8, 4) is 11.6 Å². The number of aromatic nitrogens is 1. The molecule has 0 bridgehead atoms. The number of pyridine rings is 1. The first-order chi connectivity index (χ1) is 9.99. The molecule has 0 saturated heterocycles. The molecule has 0 saturated carbocycles. The lowest BCUT2D eigenvalue weighted by Gasteiger charge is -2.11. The lowest BCUT2D eigenvalue weighted by Crippen LogP contribution is -2.13. The predicted molar refractivity (Wildman–Crippen MR) is 82.1 cm³/mol. The molecule has 0 aliphatic heterocycles. The quantitative estimate of drug-likeness (QED) is 0.390. The molecule has 2 rings (SSSR count). The maximum Gasteiger partial charge on any atom is 0.219 e. The number of aryl methyl sites for hydroxylation is 1. The SMILES string of the molecule is Cc1cc(Oc2ccc(/C(N)=N/O)cn2)cc(C(C)C)c1. The van der Waals surface area contributed by atoms with E-state index in [-0.39, 0.29) is 5.84 Å². The topological polar surface area (TPSA) is 80.7 Å². The second kappa shape index (κ2) is 6.26. The third-order valence-corrected chi connectivity index (χ3v) is 3.10. The van der Waals surface area contributed by atoms with Gasteiger partial charge in [-0.2, -0.15) is 0 Å². The number of amidine groups is 1. The smallest absolute Gasteiger partial charge is 0.219 e. The van der Waals surface area contributed by atoms with E-state index in [2.05, 4.69) is 30.1 Å². The summed E-state index contributed by atoms with van der Waals surface area (Å²) in [5, 5.41) is 11.5. The summed E-state index contributed by atoms with van der Waals surface area (Å²) in [5.74, 6) is 1.67. The second-order valence-electron chi connectivity index (χ2n) is 5.21. The Bertz CT molecular complexity index is 649. The monoisotopic (exact) mass is 285 g/mol. The highest BCUT2D eigenvalue weighted by Gasteiger charge is 2.06. The minimum Gasteiger partial charge on any atom is -0.439 e. The van der Waals surface area contributed by atoms with Crippen molar-refractivity contribution in [3.63, 3.8) is 0 Å². The van der Waals surface area contributed by atoms with Crippen molar-refractivity contribution in [2.45, 2.75) is 26.7 Å². The van der Waals surface area contributed by atoms with Crippen LogP contribution in [0.25, 0.3) is 0 Å². The molecule has 0 spiro atoms. The zero-order valence-corrected chi connectivity index (χ0v) is 12.4. The fourth-order valence-electron chi connectivity index (χ4n) is 1.94. The first-order valence-corrected chi connectivity index (χ1v) is 6.73. The van der Waals surface area contributed by atoms with Crippen molar-refractivity contribution in [1.82, 2.24) is 4.98 Å². The molecule has 0 amide bonds. The summed E-state index contributed by atoms with van der Waals surface area (Å²) >= 11 is 0. The molecule has 1 aromatic carbocycles. The molecule has 110 valence electrons. The van der Waals surface area contributed by atoms with Crippen LogP contribution in [0.5, 0.6) is 11.6 Å². The van der Waals surface area contributed by atoms with Crippen molar-refractivity contribution in [1.29, 1.82) is 0 Å². The van der Waals surface area contributed by atoms with E-state index in [4.69, 9.17) is 15.7 Å². The fraction of sp³-hybridized carbons (Fsp3) is 0.250. The van der Waals surface area contributed by atoms with E-state index in [0.29, 0.717) is 17.4 Å². The van der Waals surface area contributed by atoms with Gasteiger partial charge in [-0.1, -0.05) is 25.1 Å². The van der Waals surface area contributed by atoms with E-state index in [1.54, 1.807) is 12.1 Å². The number of nitrogens with zero attached hydrogens (tertiary/aromatic N) is 2. The van der Waals surface area contributed by atoms with Crippen molar-refractivity contribution < 1.29 is 9.94 Å². The van der Waals surface area contributed by atoms with Crippen LogP contribution < -0.4 is 10.5 Å². The molecule has 0 fully saturated rings. The van der Waals surface area contributed by atoms with Crippen molar-refractivity contribution in [3.05, 3.63) is 53.2 Å². The number of oxime groups is 1. The van der Waals surface area contributed by atoms with Crippen molar-refractivity contribution >= 4 is 5.84 Å². The average molecular weight is 285 g/mol. The summed E-state index contributed by atoms with van der Waals surface area (Å²) in [6.45, 7) is 6.32. The zero-order valence-electron chi connectivity index (χ0n) is 12.4. The Kier molecular flexibility index (Phi) is 4.42. The van der Waals surface area contributed by atoms with E-state index in [1.807, 2.05) is 19.1 Å². The first kappa shape index (κ1) is 14.8. The molecule has 5 heteroatoms. The van der Waals surface area contributed by atoms with Gasteiger partial charge in [0.1, 0.15) is 5.75 Å². The number of hydrogen-bond acceptors (Lipinski definition) is 4. The molecule has 5 nitrogen and oxygen atoms in total. The Morgan fingerprint density at radius 3 is 2.62 bits per heavy atom. The molecule has 0 aliphatic rings. The van der Waals surface area contributed by atoms with Crippen LogP contribution in [0.15, 0.2) is 41.7 Å². The number of hydrogen-bond donors (Lipinski definition) is 2. The van der Waals surface area contributed by atoms with Gasteiger partial charge in [0.2, 0.25) is 5.88 Å². The van der Waals surface area contributed by atoms with Gasteiger partial charge in [-0.15, -0.1) is 0 Å². The maximum absolute atomic E-state index is 8.61. The van der Waals surface area contributed by atoms with Crippen LogP contribution in [0.2, 0.25) is 0 Å². The van der Waals surface area contributed by atoms with Gasteiger partial charge < -0.3 is 15.7 Å². The maximum atomic E-state index is 8.61. The Morgan fingerprint density at radius 1 is 1.29 bits per heavy atom. The molecule has 1 aromatic heterocycles. The summed E-state index contributed by atoms with van der Waals surface area (Å²) in [7, 11) is 0. The van der Waals surface area contributed by atoms with Crippen LogP contribution in [0.4, 0.5) is 0 Å². The number of rotatable bonds is 4. The lowest BCUT2D eigenvalue weighted by molar-refractivity contribution is 0.318. The van der Waals surface area contributed by atoms with Crippen LogP contribution in [-0.2, 0) is 0 Å². The normalized spacial score (nSPS) is 11.7. The molecule has 0 unspecified atom stereocenters. The minimum atomic E-state index is 0.0201. The summed E-state index contributed by atoms with van der Waals surface area (Å²) < 4.78 is 5.76. The molecule has 2 aromatic rings. The Hall–Kier alpha value is -2.56. The van der Waals surface area contributed by atoms with E-state index in [9.17, 15) is 0 Å². The summed E-state index contributed by atoms with van der Waals surface area (Å²) in [6, 6.07) is 9.50. The number of benzene rings is 1.